The molecule has 0 fully saturated rings. The molecule has 108 valence electrons. The topological polar surface area (TPSA) is 76.1 Å². The molecule has 0 aliphatic heterocycles. The minimum Gasteiger partial charge on any atom is -0.465 e. The van der Waals surface area contributed by atoms with Crippen molar-refractivity contribution in [1.82, 2.24) is 0 Å². The van der Waals surface area contributed by atoms with Gasteiger partial charge >= 0.3 is 5.97 Å². The van der Waals surface area contributed by atoms with Crippen molar-refractivity contribution < 1.29 is 13.9 Å². The Morgan fingerprint density at radius 1 is 1.60 bits per heavy atom. The highest BCUT2D eigenvalue weighted by molar-refractivity contribution is 7.98. The summed E-state index contributed by atoms with van der Waals surface area (Å²) in [6, 6.07) is 5.91. The third-order valence-corrected chi connectivity index (χ3v) is 3.66. The average Bonchev–Trinajstić information content (AvgIpc) is 2.45. The SMILES string of the molecule is CCOC(=O)C(N)CCSCc1cccc(C#N)c1F. The predicted octanol–water partition coefficient (Wildman–Crippen LogP) is 2.21. The van der Waals surface area contributed by atoms with Gasteiger partial charge in [0.1, 0.15) is 17.9 Å². The van der Waals surface area contributed by atoms with E-state index in [4.69, 9.17) is 15.7 Å². The van der Waals surface area contributed by atoms with E-state index < -0.39 is 17.8 Å². The number of thioether (sulfide) groups is 1. The lowest BCUT2D eigenvalue weighted by molar-refractivity contribution is -0.144. The molecule has 1 aromatic rings. The zero-order valence-electron chi connectivity index (χ0n) is 11.3. The normalized spacial score (nSPS) is 11.7. The number of benzene rings is 1. The molecule has 0 saturated heterocycles. The summed E-state index contributed by atoms with van der Waals surface area (Å²) in [5.41, 5.74) is 6.19. The molecule has 1 rings (SSSR count). The largest absolute Gasteiger partial charge is 0.465 e. The van der Waals surface area contributed by atoms with Gasteiger partial charge in [-0.05, 0) is 30.7 Å². The first-order valence-corrected chi connectivity index (χ1v) is 7.43. The first kappa shape index (κ1) is 16.5. The third kappa shape index (κ3) is 4.83. The number of halogens is 1. The van der Waals surface area contributed by atoms with Gasteiger partial charge in [-0.1, -0.05) is 12.1 Å². The molecule has 1 aromatic carbocycles. The maximum Gasteiger partial charge on any atom is 0.322 e. The third-order valence-electron chi connectivity index (χ3n) is 2.62. The van der Waals surface area contributed by atoms with Crippen LogP contribution in [0, 0.1) is 17.1 Å². The summed E-state index contributed by atoms with van der Waals surface area (Å²) in [6.45, 7) is 2.04. The summed E-state index contributed by atoms with van der Waals surface area (Å²) in [6.07, 6.45) is 0.475. The zero-order valence-corrected chi connectivity index (χ0v) is 12.1. The Labute approximate surface area is 122 Å². The molecular weight excluding hydrogens is 279 g/mol. The zero-order chi connectivity index (χ0) is 15.0. The second-order valence-corrected chi connectivity index (χ2v) is 5.20. The van der Waals surface area contributed by atoms with Crippen molar-refractivity contribution in [3.63, 3.8) is 0 Å². The van der Waals surface area contributed by atoms with Crippen LogP contribution in [-0.4, -0.2) is 24.4 Å². The van der Waals surface area contributed by atoms with Crippen molar-refractivity contribution in [2.24, 2.45) is 5.73 Å². The fraction of sp³-hybridized carbons (Fsp3) is 0.429. The molecule has 0 spiro atoms. The Bertz CT molecular complexity index is 502. The number of hydrogen-bond donors (Lipinski definition) is 1. The quantitative estimate of drug-likeness (QED) is 0.616. The van der Waals surface area contributed by atoms with E-state index in [1.807, 2.05) is 6.07 Å². The van der Waals surface area contributed by atoms with Gasteiger partial charge in [0.2, 0.25) is 0 Å². The van der Waals surface area contributed by atoms with Crippen LogP contribution in [0.4, 0.5) is 4.39 Å². The summed E-state index contributed by atoms with van der Waals surface area (Å²) < 4.78 is 18.6. The number of nitriles is 1. The second kappa shape index (κ2) is 8.56. The molecule has 0 aromatic heterocycles. The van der Waals surface area contributed by atoms with Crippen LogP contribution in [0.2, 0.25) is 0 Å². The molecule has 0 heterocycles. The molecular formula is C14H17FN2O2S. The van der Waals surface area contributed by atoms with Gasteiger partial charge < -0.3 is 10.5 Å². The lowest BCUT2D eigenvalue weighted by Crippen LogP contribution is -2.32. The highest BCUT2D eigenvalue weighted by Crippen LogP contribution is 2.19. The van der Waals surface area contributed by atoms with Crippen LogP contribution in [0.5, 0.6) is 0 Å². The highest BCUT2D eigenvalue weighted by atomic mass is 32.2. The van der Waals surface area contributed by atoms with E-state index in [1.54, 1.807) is 19.1 Å². The van der Waals surface area contributed by atoms with Gasteiger partial charge in [-0.25, -0.2) is 4.39 Å². The summed E-state index contributed by atoms with van der Waals surface area (Å²) in [5.74, 6) is 0.176. The molecule has 0 saturated carbocycles. The van der Waals surface area contributed by atoms with Gasteiger partial charge in [0.25, 0.3) is 0 Å². The van der Waals surface area contributed by atoms with Crippen molar-refractivity contribution in [1.29, 1.82) is 5.26 Å². The first-order chi connectivity index (χ1) is 9.60. The van der Waals surface area contributed by atoms with E-state index in [0.29, 0.717) is 30.1 Å². The fourth-order valence-electron chi connectivity index (χ4n) is 1.54. The Hall–Kier alpha value is -1.58. The number of carbonyl (C=O) groups is 1. The number of carbonyl (C=O) groups excluding carboxylic acids is 1. The van der Waals surface area contributed by atoms with Crippen LogP contribution < -0.4 is 5.73 Å². The minimum absolute atomic E-state index is 0.0475. The minimum atomic E-state index is -0.641. The molecule has 2 N–H and O–H groups in total. The Kier molecular flexibility index (Phi) is 7.05. The maximum atomic E-state index is 13.8. The van der Waals surface area contributed by atoms with Crippen LogP contribution in [0.1, 0.15) is 24.5 Å². The number of rotatable bonds is 7. The van der Waals surface area contributed by atoms with Gasteiger partial charge in [-0.3, -0.25) is 4.79 Å². The van der Waals surface area contributed by atoms with Crippen molar-refractivity contribution in [2.45, 2.75) is 25.1 Å². The molecule has 0 aliphatic rings. The number of nitrogens with two attached hydrogens (primary N) is 1. The lowest BCUT2D eigenvalue weighted by atomic mass is 10.1. The molecule has 4 nitrogen and oxygen atoms in total. The molecule has 20 heavy (non-hydrogen) atoms. The standard InChI is InChI=1S/C14H17FN2O2S/c1-2-19-14(18)12(17)6-7-20-9-11-5-3-4-10(8-16)13(11)15/h3-5,12H,2,6-7,9,17H2,1H3. The van der Waals surface area contributed by atoms with Gasteiger partial charge in [-0.15, -0.1) is 0 Å². The number of hydrogen-bond acceptors (Lipinski definition) is 5. The number of ether oxygens (including phenoxy) is 1. The van der Waals surface area contributed by atoms with Crippen molar-refractivity contribution in [2.75, 3.05) is 12.4 Å². The van der Waals surface area contributed by atoms with Crippen LogP contribution >= 0.6 is 11.8 Å². The summed E-state index contributed by atoms with van der Waals surface area (Å²) in [5, 5.41) is 8.73. The molecule has 0 radical (unpaired) electrons. The Morgan fingerprint density at radius 2 is 2.35 bits per heavy atom. The van der Waals surface area contributed by atoms with Crippen LogP contribution in [0.25, 0.3) is 0 Å². The van der Waals surface area contributed by atoms with E-state index in [2.05, 4.69) is 0 Å². The number of nitrogens with zero attached hydrogens (tertiary/aromatic N) is 1. The van der Waals surface area contributed by atoms with Gasteiger partial charge in [0.15, 0.2) is 0 Å². The summed E-state index contributed by atoms with van der Waals surface area (Å²) in [7, 11) is 0. The van der Waals surface area contributed by atoms with Gasteiger partial charge in [-0.2, -0.15) is 17.0 Å². The molecule has 0 bridgehead atoms. The number of esters is 1. The predicted molar refractivity (Wildman–Crippen MR) is 76.5 cm³/mol. The molecule has 0 amide bonds. The molecule has 6 heteroatoms. The van der Waals surface area contributed by atoms with Gasteiger partial charge in [0.05, 0.1) is 12.2 Å². The van der Waals surface area contributed by atoms with Crippen LogP contribution in [0.15, 0.2) is 18.2 Å². The Balaban J connectivity index is 2.39. The summed E-state index contributed by atoms with van der Waals surface area (Å²) in [4.78, 5) is 11.3. The summed E-state index contributed by atoms with van der Waals surface area (Å²) >= 11 is 1.47. The monoisotopic (exact) mass is 296 g/mol. The lowest BCUT2D eigenvalue weighted by Gasteiger charge is -2.10. The fourth-order valence-corrected chi connectivity index (χ4v) is 2.54. The van der Waals surface area contributed by atoms with E-state index in [-0.39, 0.29) is 5.56 Å². The van der Waals surface area contributed by atoms with Crippen LogP contribution in [0.3, 0.4) is 0 Å². The first-order valence-electron chi connectivity index (χ1n) is 6.27. The molecule has 1 atom stereocenters. The van der Waals surface area contributed by atoms with E-state index in [1.165, 1.54) is 17.8 Å². The van der Waals surface area contributed by atoms with E-state index >= 15 is 0 Å². The average molecular weight is 296 g/mol. The smallest absolute Gasteiger partial charge is 0.322 e. The van der Waals surface area contributed by atoms with Crippen molar-refractivity contribution in [3.05, 3.63) is 35.1 Å². The Morgan fingerprint density at radius 3 is 3.00 bits per heavy atom. The van der Waals surface area contributed by atoms with Crippen LogP contribution in [-0.2, 0) is 15.3 Å². The van der Waals surface area contributed by atoms with Crippen molar-refractivity contribution >= 4 is 17.7 Å². The highest BCUT2D eigenvalue weighted by Gasteiger charge is 2.14. The second-order valence-electron chi connectivity index (χ2n) is 4.09. The molecule has 1 unspecified atom stereocenters. The van der Waals surface area contributed by atoms with Gasteiger partial charge in [0, 0.05) is 5.75 Å². The van der Waals surface area contributed by atoms with E-state index in [0.717, 1.165) is 0 Å². The van der Waals surface area contributed by atoms with Crippen molar-refractivity contribution in [3.8, 4) is 6.07 Å². The molecule has 0 aliphatic carbocycles. The maximum absolute atomic E-state index is 13.8. The van der Waals surface area contributed by atoms with E-state index in [9.17, 15) is 9.18 Å².